The van der Waals surface area contributed by atoms with Crippen LogP contribution in [0.3, 0.4) is 0 Å². The monoisotopic (exact) mass is 690 g/mol. The van der Waals surface area contributed by atoms with Gasteiger partial charge in [0.15, 0.2) is 12.6 Å². The summed E-state index contributed by atoms with van der Waals surface area (Å²) in [5.41, 5.74) is 0. The summed E-state index contributed by atoms with van der Waals surface area (Å²) in [4.78, 5) is 0. The van der Waals surface area contributed by atoms with Gasteiger partial charge in [0.1, 0.15) is 42.7 Å². The van der Waals surface area contributed by atoms with Crippen molar-refractivity contribution < 1.29 is 54.3 Å². The van der Waals surface area contributed by atoms with Gasteiger partial charge in [0.2, 0.25) is 0 Å². The first-order valence-corrected chi connectivity index (χ1v) is 19.2. The molecule has 0 aromatic rings. The summed E-state index contributed by atoms with van der Waals surface area (Å²) in [7, 11) is 0. The van der Waals surface area contributed by atoms with Gasteiger partial charge in [0.25, 0.3) is 0 Å². The van der Waals surface area contributed by atoms with Gasteiger partial charge in [-0.05, 0) is 32.1 Å². The van der Waals surface area contributed by atoms with E-state index in [0.29, 0.717) is 6.61 Å². The molecule has 0 radical (unpaired) electrons. The molecule has 2 saturated heterocycles. The van der Waals surface area contributed by atoms with Gasteiger partial charge in [-0.3, -0.25) is 0 Å². The summed E-state index contributed by atoms with van der Waals surface area (Å²) in [6, 6.07) is 0. The third-order valence-corrected chi connectivity index (χ3v) is 9.29. The van der Waals surface area contributed by atoms with Gasteiger partial charge in [0, 0.05) is 6.61 Å². The molecule has 11 heteroatoms. The zero-order valence-electron chi connectivity index (χ0n) is 29.8. The molecular formula is C37H70O11. The highest BCUT2D eigenvalue weighted by atomic mass is 16.7. The molecule has 0 amide bonds. The Morgan fingerprint density at radius 3 is 1.50 bits per heavy atom. The predicted octanol–water partition coefficient (Wildman–Crippen LogP) is 4.66. The maximum absolute atomic E-state index is 10.3. The van der Waals surface area contributed by atoms with Crippen LogP contribution in [0.15, 0.2) is 12.2 Å². The van der Waals surface area contributed by atoms with Crippen molar-refractivity contribution in [1.29, 1.82) is 0 Å². The van der Waals surface area contributed by atoms with Crippen LogP contribution in [-0.4, -0.2) is 119 Å². The van der Waals surface area contributed by atoms with Crippen LogP contribution < -0.4 is 0 Å². The highest BCUT2D eigenvalue weighted by molar-refractivity contribution is 4.85. The molecule has 2 aliphatic rings. The SMILES string of the molecule is CCCCCCC=CCCCCCCCCCCCCCCCCOC[C@H](CO[C@@H]1OC[C@@H](O)[C@H](O)[C@H]1O)O[C@@H]1OC[C@@H](O)[C@H](O)[C@H]1O. The first kappa shape index (κ1) is 43.5. The number of rotatable bonds is 29. The van der Waals surface area contributed by atoms with E-state index in [2.05, 4.69) is 19.1 Å². The number of unbranched alkanes of at least 4 members (excludes halogenated alkanes) is 18. The molecule has 48 heavy (non-hydrogen) atoms. The molecule has 0 spiro atoms. The van der Waals surface area contributed by atoms with Crippen LogP contribution in [0.2, 0.25) is 0 Å². The summed E-state index contributed by atoms with van der Waals surface area (Å²) in [5, 5.41) is 59.7. The number of ether oxygens (including phenoxy) is 5. The van der Waals surface area contributed by atoms with Crippen LogP contribution in [0, 0.1) is 0 Å². The molecular weight excluding hydrogens is 620 g/mol. The van der Waals surface area contributed by atoms with E-state index in [1.807, 2.05) is 0 Å². The third-order valence-electron chi connectivity index (χ3n) is 9.29. The van der Waals surface area contributed by atoms with Gasteiger partial charge < -0.3 is 54.3 Å². The Hall–Kier alpha value is -0.700. The normalized spacial score (nSPS) is 28.7. The number of aliphatic hydroxyl groups is 6. The standard InChI is InChI=1S/C37H70O11/c1-2-3-4-5-6-7-8-9-10-11-12-13-14-15-16-17-18-19-20-21-22-23-24-44-25-29(48-37-35(43)33(41)31(39)28-47-37)26-45-36-34(42)32(40)30(38)27-46-36/h7-8,29-43H,2-6,9-28H2,1H3/t29-,30-,31-,32+,33+,34-,35-,36-,37+/m1/s1. The summed E-state index contributed by atoms with van der Waals surface area (Å²) in [5.74, 6) is 0. The summed E-state index contributed by atoms with van der Waals surface area (Å²) >= 11 is 0. The highest BCUT2D eigenvalue weighted by Gasteiger charge is 2.41. The topological polar surface area (TPSA) is 168 Å². The van der Waals surface area contributed by atoms with Gasteiger partial charge >= 0.3 is 0 Å². The second kappa shape index (κ2) is 28.0. The first-order valence-electron chi connectivity index (χ1n) is 19.2. The molecule has 2 aliphatic heterocycles. The lowest BCUT2D eigenvalue weighted by molar-refractivity contribution is -0.305. The minimum absolute atomic E-state index is 0.0931. The largest absolute Gasteiger partial charge is 0.388 e. The Bertz CT molecular complexity index is 772. The smallest absolute Gasteiger partial charge is 0.186 e. The lowest BCUT2D eigenvalue weighted by Gasteiger charge is -2.38. The van der Waals surface area contributed by atoms with Crippen molar-refractivity contribution >= 4 is 0 Å². The van der Waals surface area contributed by atoms with E-state index in [4.69, 9.17) is 23.7 Å². The molecule has 284 valence electrons. The van der Waals surface area contributed by atoms with Gasteiger partial charge in [-0.1, -0.05) is 115 Å². The molecule has 2 rings (SSSR count). The van der Waals surface area contributed by atoms with E-state index in [1.165, 1.54) is 109 Å². The maximum atomic E-state index is 10.3. The van der Waals surface area contributed by atoms with Crippen molar-refractivity contribution in [2.45, 2.75) is 191 Å². The average molecular weight is 691 g/mol. The van der Waals surface area contributed by atoms with E-state index < -0.39 is 55.3 Å². The van der Waals surface area contributed by atoms with Crippen molar-refractivity contribution in [2.24, 2.45) is 0 Å². The minimum Gasteiger partial charge on any atom is -0.388 e. The average Bonchev–Trinajstić information content (AvgIpc) is 3.08. The Labute approximate surface area is 290 Å². The lowest BCUT2D eigenvalue weighted by atomic mass is 10.0. The van der Waals surface area contributed by atoms with Crippen molar-refractivity contribution in [3.63, 3.8) is 0 Å². The van der Waals surface area contributed by atoms with Gasteiger partial charge in [-0.25, -0.2) is 0 Å². The second-order valence-corrected chi connectivity index (χ2v) is 13.7. The van der Waals surface area contributed by atoms with Crippen LogP contribution >= 0.6 is 0 Å². The Morgan fingerprint density at radius 2 is 0.979 bits per heavy atom. The maximum Gasteiger partial charge on any atom is 0.186 e. The minimum atomic E-state index is -1.47. The van der Waals surface area contributed by atoms with Crippen LogP contribution in [0.5, 0.6) is 0 Å². The van der Waals surface area contributed by atoms with Crippen LogP contribution in [0.4, 0.5) is 0 Å². The number of allylic oxidation sites excluding steroid dienone is 2. The summed E-state index contributed by atoms with van der Waals surface area (Å²) in [6.07, 6.45) is 19.1. The van der Waals surface area contributed by atoms with E-state index in [0.717, 1.165) is 19.3 Å². The molecule has 11 nitrogen and oxygen atoms in total. The van der Waals surface area contributed by atoms with Crippen LogP contribution in [0.25, 0.3) is 0 Å². The highest BCUT2D eigenvalue weighted by Crippen LogP contribution is 2.21. The predicted molar refractivity (Wildman–Crippen MR) is 184 cm³/mol. The molecule has 0 aromatic heterocycles. The Morgan fingerprint density at radius 1 is 0.542 bits per heavy atom. The van der Waals surface area contributed by atoms with Gasteiger partial charge in [-0.15, -0.1) is 0 Å². The van der Waals surface area contributed by atoms with E-state index >= 15 is 0 Å². The second-order valence-electron chi connectivity index (χ2n) is 13.7. The van der Waals surface area contributed by atoms with E-state index in [-0.39, 0.29) is 26.4 Å². The van der Waals surface area contributed by atoms with E-state index in [9.17, 15) is 30.6 Å². The fourth-order valence-corrected chi connectivity index (χ4v) is 6.07. The third kappa shape index (κ3) is 19.1. The van der Waals surface area contributed by atoms with Crippen molar-refractivity contribution in [1.82, 2.24) is 0 Å². The fourth-order valence-electron chi connectivity index (χ4n) is 6.07. The van der Waals surface area contributed by atoms with Gasteiger partial charge in [-0.2, -0.15) is 0 Å². The van der Waals surface area contributed by atoms with Crippen molar-refractivity contribution in [3.8, 4) is 0 Å². The molecule has 0 aromatic carbocycles. The fraction of sp³-hybridized carbons (Fsp3) is 0.946. The molecule has 0 bridgehead atoms. The molecule has 0 saturated carbocycles. The van der Waals surface area contributed by atoms with Crippen molar-refractivity contribution in [3.05, 3.63) is 12.2 Å². The lowest BCUT2D eigenvalue weighted by Crippen LogP contribution is -2.56. The first-order chi connectivity index (χ1) is 23.3. The zero-order chi connectivity index (χ0) is 34.8. The van der Waals surface area contributed by atoms with Crippen LogP contribution in [0.1, 0.15) is 135 Å². The molecule has 0 unspecified atom stereocenters. The number of hydrogen-bond acceptors (Lipinski definition) is 11. The molecule has 2 heterocycles. The molecule has 9 atom stereocenters. The molecule has 2 fully saturated rings. The Balaban J connectivity index is 1.46. The number of aliphatic hydroxyl groups excluding tert-OH is 6. The molecule has 0 aliphatic carbocycles. The molecule has 6 N–H and O–H groups in total. The van der Waals surface area contributed by atoms with Crippen LogP contribution in [-0.2, 0) is 23.7 Å². The van der Waals surface area contributed by atoms with E-state index in [1.54, 1.807) is 0 Å². The van der Waals surface area contributed by atoms with Crippen molar-refractivity contribution in [2.75, 3.05) is 33.0 Å². The Kier molecular flexibility index (Phi) is 25.3. The van der Waals surface area contributed by atoms with Gasteiger partial charge in [0.05, 0.1) is 26.4 Å². The zero-order valence-corrected chi connectivity index (χ0v) is 29.8. The summed E-state index contributed by atoms with van der Waals surface area (Å²) < 4.78 is 27.9. The summed E-state index contributed by atoms with van der Waals surface area (Å²) in [6.45, 7) is 2.33. The number of hydrogen-bond donors (Lipinski definition) is 6. The quantitative estimate of drug-likeness (QED) is 0.0477.